The van der Waals surface area contributed by atoms with Gasteiger partial charge in [0.2, 0.25) is 5.91 Å². The van der Waals surface area contributed by atoms with Crippen molar-refractivity contribution in [2.45, 2.75) is 37.4 Å². The van der Waals surface area contributed by atoms with Gasteiger partial charge < -0.3 is 9.88 Å². The topological polar surface area (TPSA) is 59.8 Å². The number of amides is 1. The summed E-state index contributed by atoms with van der Waals surface area (Å²) in [6.07, 6.45) is 4.54. The molecule has 22 heavy (non-hydrogen) atoms. The fourth-order valence-corrected chi connectivity index (χ4v) is 3.61. The van der Waals surface area contributed by atoms with E-state index < -0.39 is 0 Å². The first-order chi connectivity index (χ1) is 10.7. The SMILES string of the molecule is O=C(CSc1nnc2n1CCCCC2)Nc1ccccc1Br. The van der Waals surface area contributed by atoms with Gasteiger partial charge in [0.05, 0.1) is 11.4 Å². The van der Waals surface area contributed by atoms with Gasteiger partial charge in [-0.15, -0.1) is 10.2 Å². The molecule has 0 aliphatic carbocycles. The van der Waals surface area contributed by atoms with E-state index in [1.54, 1.807) is 0 Å². The zero-order valence-corrected chi connectivity index (χ0v) is 14.5. The van der Waals surface area contributed by atoms with Crippen molar-refractivity contribution in [3.05, 3.63) is 34.6 Å². The fourth-order valence-electron chi connectivity index (χ4n) is 2.44. The number of hydrogen-bond acceptors (Lipinski definition) is 4. The lowest BCUT2D eigenvalue weighted by Crippen LogP contribution is -2.15. The Bertz CT molecular complexity index is 673. The zero-order chi connectivity index (χ0) is 15.4. The van der Waals surface area contributed by atoms with E-state index in [4.69, 9.17) is 0 Å². The van der Waals surface area contributed by atoms with Crippen molar-refractivity contribution in [2.24, 2.45) is 0 Å². The molecule has 3 rings (SSSR count). The van der Waals surface area contributed by atoms with E-state index >= 15 is 0 Å². The Hall–Kier alpha value is -1.34. The first-order valence-electron chi connectivity index (χ1n) is 7.33. The van der Waals surface area contributed by atoms with Gasteiger partial charge in [-0.1, -0.05) is 30.3 Å². The molecule has 5 nitrogen and oxygen atoms in total. The van der Waals surface area contributed by atoms with Crippen molar-refractivity contribution in [3.63, 3.8) is 0 Å². The predicted octanol–water partition coefficient (Wildman–Crippen LogP) is 3.50. The largest absolute Gasteiger partial charge is 0.324 e. The second-order valence-electron chi connectivity index (χ2n) is 5.18. The number of hydrogen-bond donors (Lipinski definition) is 1. The molecule has 1 aliphatic heterocycles. The Balaban J connectivity index is 1.60. The molecule has 0 bridgehead atoms. The summed E-state index contributed by atoms with van der Waals surface area (Å²) in [5.74, 6) is 1.34. The third-order valence-electron chi connectivity index (χ3n) is 3.56. The van der Waals surface area contributed by atoms with Crippen molar-refractivity contribution in [1.82, 2.24) is 14.8 Å². The van der Waals surface area contributed by atoms with E-state index in [2.05, 4.69) is 36.0 Å². The number of carbonyl (C=O) groups excluding carboxylic acids is 1. The lowest BCUT2D eigenvalue weighted by Gasteiger charge is -2.08. The zero-order valence-electron chi connectivity index (χ0n) is 12.1. The Labute approximate surface area is 142 Å². The van der Waals surface area contributed by atoms with E-state index in [1.165, 1.54) is 24.6 Å². The molecule has 0 saturated carbocycles. The molecular formula is C15H17BrN4OS. The second-order valence-corrected chi connectivity index (χ2v) is 6.97. The summed E-state index contributed by atoms with van der Waals surface area (Å²) in [5.41, 5.74) is 0.785. The van der Waals surface area contributed by atoms with E-state index in [-0.39, 0.29) is 5.91 Å². The lowest BCUT2D eigenvalue weighted by molar-refractivity contribution is -0.113. The van der Waals surface area contributed by atoms with Crippen LogP contribution in [0, 0.1) is 0 Å². The number of benzene rings is 1. The first kappa shape index (κ1) is 15.6. The lowest BCUT2D eigenvalue weighted by atomic mass is 10.2. The molecule has 1 amide bonds. The number of aryl methyl sites for hydroxylation is 1. The van der Waals surface area contributed by atoms with Crippen LogP contribution in [0.5, 0.6) is 0 Å². The number of aromatic nitrogens is 3. The molecule has 7 heteroatoms. The van der Waals surface area contributed by atoms with E-state index in [9.17, 15) is 4.79 Å². The molecule has 1 N–H and O–H groups in total. The molecule has 2 aromatic rings. The quantitative estimate of drug-likeness (QED) is 0.824. The van der Waals surface area contributed by atoms with Crippen molar-refractivity contribution in [1.29, 1.82) is 0 Å². The van der Waals surface area contributed by atoms with Crippen LogP contribution in [0.4, 0.5) is 5.69 Å². The van der Waals surface area contributed by atoms with Crippen LogP contribution in [-0.2, 0) is 17.8 Å². The fraction of sp³-hybridized carbons (Fsp3) is 0.400. The van der Waals surface area contributed by atoms with Crippen LogP contribution in [0.3, 0.4) is 0 Å². The van der Waals surface area contributed by atoms with Crippen LogP contribution in [0.2, 0.25) is 0 Å². The Morgan fingerprint density at radius 2 is 2.14 bits per heavy atom. The molecule has 0 unspecified atom stereocenters. The highest BCUT2D eigenvalue weighted by Crippen LogP contribution is 2.24. The summed E-state index contributed by atoms with van der Waals surface area (Å²) in [6, 6.07) is 7.59. The van der Waals surface area contributed by atoms with Crippen LogP contribution >= 0.6 is 27.7 Å². The molecule has 0 saturated heterocycles. The van der Waals surface area contributed by atoms with Crippen molar-refractivity contribution >= 4 is 39.3 Å². The number of thioether (sulfide) groups is 1. The summed E-state index contributed by atoms with van der Waals surface area (Å²) in [4.78, 5) is 12.1. The number of fused-ring (bicyclic) bond motifs is 1. The summed E-state index contributed by atoms with van der Waals surface area (Å²) < 4.78 is 3.04. The molecule has 2 heterocycles. The third-order valence-corrected chi connectivity index (χ3v) is 5.21. The number of halogens is 1. The molecule has 0 radical (unpaired) electrons. The minimum Gasteiger partial charge on any atom is -0.324 e. The van der Waals surface area contributed by atoms with Gasteiger partial charge in [0.25, 0.3) is 0 Å². The molecule has 1 aromatic heterocycles. The minimum atomic E-state index is -0.0390. The van der Waals surface area contributed by atoms with Gasteiger partial charge in [0, 0.05) is 17.4 Å². The Kier molecular flexibility index (Phi) is 5.15. The van der Waals surface area contributed by atoms with Gasteiger partial charge in [-0.2, -0.15) is 0 Å². The van der Waals surface area contributed by atoms with Gasteiger partial charge in [-0.25, -0.2) is 0 Å². The van der Waals surface area contributed by atoms with Gasteiger partial charge >= 0.3 is 0 Å². The Morgan fingerprint density at radius 3 is 3.00 bits per heavy atom. The van der Waals surface area contributed by atoms with Crippen molar-refractivity contribution in [3.8, 4) is 0 Å². The van der Waals surface area contributed by atoms with Crippen molar-refractivity contribution < 1.29 is 4.79 Å². The summed E-state index contributed by atoms with van der Waals surface area (Å²) >= 11 is 4.87. The highest BCUT2D eigenvalue weighted by atomic mass is 79.9. The van der Waals surface area contributed by atoms with Crippen LogP contribution in [0.15, 0.2) is 33.9 Å². The maximum atomic E-state index is 12.1. The van der Waals surface area contributed by atoms with Crippen LogP contribution < -0.4 is 5.32 Å². The molecule has 116 valence electrons. The van der Waals surface area contributed by atoms with Gasteiger partial charge in [-0.3, -0.25) is 4.79 Å². The third kappa shape index (κ3) is 3.70. The minimum absolute atomic E-state index is 0.0390. The van der Waals surface area contributed by atoms with E-state index in [0.717, 1.165) is 40.5 Å². The highest BCUT2D eigenvalue weighted by molar-refractivity contribution is 9.10. The van der Waals surface area contributed by atoms with E-state index in [0.29, 0.717) is 5.75 Å². The first-order valence-corrected chi connectivity index (χ1v) is 9.11. The summed E-state index contributed by atoms with van der Waals surface area (Å²) in [5, 5.41) is 12.2. The number of nitrogens with one attached hydrogen (secondary N) is 1. The van der Waals surface area contributed by atoms with Gasteiger partial charge in [0.1, 0.15) is 5.82 Å². The van der Waals surface area contributed by atoms with Gasteiger partial charge in [0.15, 0.2) is 5.16 Å². The maximum absolute atomic E-state index is 12.1. The second kappa shape index (κ2) is 7.28. The number of rotatable bonds is 4. The molecular weight excluding hydrogens is 364 g/mol. The van der Waals surface area contributed by atoms with E-state index in [1.807, 2.05) is 24.3 Å². The number of para-hydroxylation sites is 1. The molecule has 0 spiro atoms. The van der Waals surface area contributed by atoms with Gasteiger partial charge in [-0.05, 0) is 40.9 Å². The average Bonchev–Trinajstić information content (AvgIpc) is 2.75. The molecule has 1 aliphatic rings. The van der Waals surface area contributed by atoms with Crippen molar-refractivity contribution in [2.75, 3.05) is 11.1 Å². The normalized spacial score (nSPS) is 14.2. The average molecular weight is 381 g/mol. The predicted molar refractivity (Wildman–Crippen MR) is 91.1 cm³/mol. The highest BCUT2D eigenvalue weighted by Gasteiger charge is 2.16. The number of nitrogens with zero attached hydrogens (tertiary/aromatic N) is 3. The Morgan fingerprint density at radius 1 is 1.27 bits per heavy atom. The van der Waals surface area contributed by atoms with Crippen LogP contribution in [0.1, 0.15) is 25.1 Å². The molecule has 0 fully saturated rings. The van der Waals surface area contributed by atoms with Crippen LogP contribution in [-0.4, -0.2) is 26.4 Å². The van der Waals surface area contributed by atoms with Crippen LogP contribution in [0.25, 0.3) is 0 Å². The molecule has 0 atom stereocenters. The standard InChI is InChI=1S/C15H17BrN4OS/c16-11-6-3-4-7-12(11)17-14(21)10-22-15-19-18-13-8-2-1-5-9-20(13)15/h3-4,6-7H,1-2,5,8-10H2,(H,17,21). The molecule has 1 aromatic carbocycles. The monoisotopic (exact) mass is 380 g/mol. The maximum Gasteiger partial charge on any atom is 0.234 e. The number of carbonyl (C=O) groups is 1. The summed E-state index contributed by atoms with van der Waals surface area (Å²) in [6.45, 7) is 0.955. The smallest absolute Gasteiger partial charge is 0.234 e. The summed E-state index contributed by atoms with van der Waals surface area (Å²) in [7, 11) is 0. The number of anilines is 1.